The van der Waals surface area contributed by atoms with Gasteiger partial charge in [-0.05, 0) is 44.4 Å². The van der Waals surface area contributed by atoms with Gasteiger partial charge >= 0.3 is 0 Å². The molecule has 0 aliphatic rings. The lowest BCUT2D eigenvalue weighted by Gasteiger charge is -2.15. The maximum absolute atomic E-state index is 12.4. The molecule has 142 valence electrons. The van der Waals surface area contributed by atoms with Crippen molar-refractivity contribution in [1.29, 1.82) is 0 Å². The lowest BCUT2D eigenvalue weighted by atomic mass is 10.2. The molecular formula is C18H25N3O4S. The standard InChI is InChI=1S/C18H25N3O4S/c1-21(2)10-11-25-18-12-16(24-3)7-4-14(18)13-20-26(22,23)17-8-5-15(19)6-9-17/h4-9,12,20H,10-11,13,19H2,1-3H3. The van der Waals surface area contributed by atoms with Gasteiger partial charge in [0.05, 0.1) is 12.0 Å². The molecule has 0 saturated carbocycles. The average molecular weight is 379 g/mol. The molecule has 0 heterocycles. The van der Waals surface area contributed by atoms with Gasteiger partial charge in [-0.2, -0.15) is 0 Å². The van der Waals surface area contributed by atoms with Crippen LogP contribution >= 0.6 is 0 Å². The fourth-order valence-electron chi connectivity index (χ4n) is 2.18. The molecule has 0 spiro atoms. The number of hydrogen-bond acceptors (Lipinski definition) is 6. The molecule has 0 radical (unpaired) electrons. The van der Waals surface area contributed by atoms with Gasteiger partial charge in [0.1, 0.15) is 18.1 Å². The largest absolute Gasteiger partial charge is 0.497 e. The van der Waals surface area contributed by atoms with E-state index in [2.05, 4.69) is 4.72 Å². The van der Waals surface area contributed by atoms with Crippen LogP contribution < -0.4 is 19.9 Å². The minimum absolute atomic E-state index is 0.105. The number of nitrogen functional groups attached to an aromatic ring is 1. The SMILES string of the molecule is COc1ccc(CNS(=O)(=O)c2ccc(N)cc2)c(OCCN(C)C)c1. The number of nitrogens with zero attached hydrogens (tertiary/aromatic N) is 1. The third-order valence-corrected chi connectivity index (χ3v) is 5.13. The summed E-state index contributed by atoms with van der Waals surface area (Å²) in [5, 5.41) is 0. The van der Waals surface area contributed by atoms with Crippen molar-refractivity contribution >= 4 is 15.7 Å². The molecule has 0 fully saturated rings. The van der Waals surface area contributed by atoms with Gasteiger partial charge in [0.25, 0.3) is 0 Å². The van der Waals surface area contributed by atoms with Crippen molar-refractivity contribution in [3.63, 3.8) is 0 Å². The Hall–Kier alpha value is -2.29. The summed E-state index contributed by atoms with van der Waals surface area (Å²) in [6.07, 6.45) is 0. The first-order valence-electron chi connectivity index (χ1n) is 8.11. The van der Waals surface area contributed by atoms with Crippen LogP contribution in [0.5, 0.6) is 11.5 Å². The molecule has 3 N–H and O–H groups in total. The summed E-state index contributed by atoms with van der Waals surface area (Å²) in [5.74, 6) is 1.24. The first-order chi connectivity index (χ1) is 12.3. The highest BCUT2D eigenvalue weighted by Crippen LogP contribution is 2.25. The average Bonchev–Trinajstić information content (AvgIpc) is 2.60. The molecule has 0 amide bonds. The second kappa shape index (κ2) is 8.88. The van der Waals surface area contributed by atoms with Crippen LogP contribution in [0.3, 0.4) is 0 Å². The van der Waals surface area contributed by atoms with E-state index < -0.39 is 10.0 Å². The second-order valence-electron chi connectivity index (χ2n) is 6.02. The minimum atomic E-state index is -3.64. The van der Waals surface area contributed by atoms with E-state index >= 15 is 0 Å². The summed E-state index contributed by atoms with van der Waals surface area (Å²) in [6.45, 7) is 1.33. The second-order valence-corrected chi connectivity index (χ2v) is 7.79. The number of methoxy groups -OCH3 is 1. The summed E-state index contributed by atoms with van der Waals surface area (Å²) >= 11 is 0. The van der Waals surface area contributed by atoms with E-state index in [4.69, 9.17) is 15.2 Å². The van der Waals surface area contributed by atoms with Crippen molar-refractivity contribution < 1.29 is 17.9 Å². The van der Waals surface area contributed by atoms with Crippen molar-refractivity contribution in [2.45, 2.75) is 11.4 Å². The van der Waals surface area contributed by atoms with Gasteiger partial charge in [-0.25, -0.2) is 13.1 Å². The molecule has 0 atom stereocenters. The predicted molar refractivity (Wildman–Crippen MR) is 102 cm³/mol. The summed E-state index contributed by atoms with van der Waals surface area (Å²) in [6, 6.07) is 11.4. The predicted octanol–water partition coefficient (Wildman–Crippen LogP) is 1.70. The summed E-state index contributed by atoms with van der Waals surface area (Å²) in [4.78, 5) is 2.17. The van der Waals surface area contributed by atoms with E-state index in [1.165, 1.54) is 12.1 Å². The summed E-state index contributed by atoms with van der Waals surface area (Å²) in [5.41, 5.74) is 6.84. The number of benzene rings is 2. The van der Waals surface area contributed by atoms with Gasteiger partial charge in [-0.1, -0.05) is 6.07 Å². The van der Waals surface area contributed by atoms with Crippen LogP contribution in [0.15, 0.2) is 47.4 Å². The van der Waals surface area contributed by atoms with E-state index in [-0.39, 0.29) is 11.4 Å². The number of anilines is 1. The molecule has 0 aliphatic carbocycles. The Morgan fingerprint density at radius 3 is 2.42 bits per heavy atom. The van der Waals surface area contributed by atoms with Crippen LogP contribution in [0.25, 0.3) is 0 Å². The summed E-state index contributed by atoms with van der Waals surface area (Å²) in [7, 11) is 1.84. The Bertz CT molecular complexity index is 821. The zero-order valence-corrected chi connectivity index (χ0v) is 16.0. The maximum Gasteiger partial charge on any atom is 0.240 e. The highest BCUT2D eigenvalue weighted by Gasteiger charge is 2.15. The number of rotatable bonds is 9. The van der Waals surface area contributed by atoms with Gasteiger partial charge in [-0.15, -0.1) is 0 Å². The van der Waals surface area contributed by atoms with Crippen molar-refractivity contribution in [3.8, 4) is 11.5 Å². The highest BCUT2D eigenvalue weighted by atomic mass is 32.2. The lowest BCUT2D eigenvalue weighted by molar-refractivity contribution is 0.258. The minimum Gasteiger partial charge on any atom is -0.497 e. The molecule has 0 aliphatic heterocycles. The Morgan fingerprint density at radius 1 is 1.12 bits per heavy atom. The first-order valence-corrected chi connectivity index (χ1v) is 9.60. The molecule has 2 aromatic carbocycles. The molecular weight excluding hydrogens is 354 g/mol. The van der Waals surface area contributed by atoms with Gasteiger partial charge in [0.15, 0.2) is 0 Å². The smallest absolute Gasteiger partial charge is 0.240 e. The third kappa shape index (κ3) is 5.62. The molecule has 0 aromatic heterocycles. The molecule has 2 aromatic rings. The normalized spacial score (nSPS) is 11.5. The number of sulfonamides is 1. The van der Waals surface area contributed by atoms with Gasteiger partial charge < -0.3 is 20.1 Å². The van der Waals surface area contributed by atoms with Crippen molar-refractivity contribution in [3.05, 3.63) is 48.0 Å². The van der Waals surface area contributed by atoms with E-state index in [1.54, 1.807) is 37.4 Å². The number of hydrogen-bond donors (Lipinski definition) is 2. The quantitative estimate of drug-likeness (QED) is 0.644. The molecule has 0 bridgehead atoms. The molecule has 0 saturated heterocycles. The van der Waals surface area contributed by atoms with Gasteiger partial charge in [0, 0.05) is 30.4 Å². The fraction of sp³-hybridized carbons (Fsp3) is 0.333. The van der Waals surface area contributed by atoms with Gasteiger partial charge in [0.2, 0.25) is 10.0 Å². The van der Waals surface area contributed by atoms with Gasteiger partial charge in [-0.3, -0.25) is 0 Å². The molecule has 8 heteroatoms. The Balaban J connectivity index is 2.13. The Labute approximate surface area is 154 Å². The maximum atomic E-state index is 12.4. The number of nitrogens with two attached hydrogens (primary N) is 1. The van der Waals surface area contributed by atoms with Crippen molar-refractivity contribution in [1.82, 2.24) is 9.62 Å². The molecule has 7 nitrogen and oxygen atoms in total. The number of nitrogens with one attached hydrogen (secondary N) is 1. The monoisotopic (exact) mass is 379 g/mol. The molecule has 26 heavy (non-hydrogen) atoms. The zero-order valence-electron chi connectivity index (χ0n) is 15.2. The van der Waals surface area contributed by atoms with Crippen LogP contribution in [0.4, 0.5) is 5.69 Å². The third-order valence-electron chi connectivity index (χ3n) is 3.71. The van der Waals surface area contributed by atoms with Crippen LogP contribution in [0, 0.1) is 0 Å². The van der Waals surface area contributed by atoms with E-state index in [0.29, 0.717) is 23.8 Å². The zero-order chi connectivity index (χ0) is 19.2. The van der Waals surface area contributed by atoms with Crippen molar-refractivity contribution in [2.24, 2.45) is 0 Å². The Morgan fingerprint density at radius 2 is 1.81 bits per heavy atom. The highest BCUT2D eigenvalue weighted by molar-refractivity contribution is 7.89. The van der Waals surface area contributed by atoms with Crippen LogP contribution in [-0.2, 0) is 16.6 Å². The molecule has 2 rings (SSSR count). The Kier molecular flexibility index (Phi) is 6.84. The fourth-order valence-corrected chi connectivity index (χ4v) is 3.19. The van der Waals surface area contributed by atoms with Crippen LogP contribution in [0.1, 0.15) is 5.56 Å². The molecule has 0 unspecified atom stereocenters. The van der Waals surface area contributed by atoms with Crippen LogP contribution in [-0.4, -0.2) is 47.7 Å². The lowest BCUT2D eigenvalue weighted by Crippen LogP contribution is -2.24. The van der Waals surface area contributed by atoms with E-state index in [1.807, 2.05) is 19.0 Å². The number of ether oxygens (including phenoxy) is 2. The summed E-state index contributed by atoms with van der Waals surface area (Å²) < 4.78 is 38.5. The first kappa shape index (κ1) is 20.0. The van der Waals surface area contributed by atoms with Crippen molar-refractivity contribution in [2.75, 3.05) is 40.1 Å². The van der Waals surface area contributed by atoms with E-state index in [0.717, 1.165) is 12.1 Å². The number of likely N-dealkylation sites (N-methyl/N-ethyl adjacent to an activating group) is 1. The topological polar surface area (TPSA) is 93.9 Å². The van der Waals surface area contributed by atoms with Crippen LogP contribution in [0.2, 0.25) is 0 Å². The van der Waals surface area contributed by atoms with E-state index in [9.17, 15) is 8.42 Å².